The van der Waals surface area contributed by atoms with Crippen LogP contribution in [0.5, 0.6) is 17.2 Å². The molecule has 0 aliphatic rings. The van der Waals surface area contributed by atoms with Gasteiger partial charge in [0.15, 0.2) is 11.5 Å². The fourth-order valence-electron chi connectivity index (χ4n) is 3.24. The molecule has 0 radical (unpaired) electrons. The van der Waals surface area contributed by atoms with Gasteiger partial charge in [0.25, 0.3) is 0 Å². The van der Waals surface area contributed by atoms with Gasteiger partial charge >= 0.3 is 5.97 Å². The molecule has 0 saturated heterocycles. The zero-order valence-electron chi connectivity index (χ0n) is 15.5. The van der Waals surface area contributed by atoms with E-state index in [1.165, 1.54) is 18.4 Å². The minimum absolute atomic E-state index is 0.0975. The summed E-state index contributed by atoms with van der Waals surface area (Å²) in [7, 11) is 4.47. The molecule has 1 N–H and O–H groups in total. The van der Waals surface area contributed by atoms with Gasteiger partial charge in [-0.2, -0.15) is 0 Å². The molecule has 28 heavy (non-hydrogen) atoms. The van der Waals surface area contributed by atoms with E-state index in [0.717, 1.165) is 16.2 Å². The van der Waals surface area contributed by atoms with Crippen molar-refractivity contribution in [2.45, 2.75) is 0 Å². The monoisotopic (exact) mass is 395 g/mol. The average Bonchev–Trinajstić information content (AvgIpc) is 3.16. The van der Waals surface area contributed by atoms with Crippen molar-refractivity contribution in [2.24, 2.45) is 0 Å². The molecule has 2 aromatic heterocycles. The second kappa shape index (κ2) is 7.01. The van der Waals surface area contributed by atoms with Crippen molar-refractivity contribution < 1.29 is 24.1 Å². The maximum absolute atomic E-state index is 12.2. The molecule has 0 unspecified atom stereocenters. The molecule has 142 valence electrons. The van der Waals surface area contributed by atoms with Crippen LogP contribution >= 0.6 is 11.3 Å². The third-order valence-electron chi connectivity index (χ3n) is 4.59. The number of phenolic OH excluding ortho intramolecular Hbond substituents is 1. The number of carbonyl (C=O) groups is 1. The Morgan fingerprint density at radius 1 is 1.00 bits per heavy atom. The summed E-state index contributed by atoms with van der Waals surface area (Å²) >= 11 is 1.27. The predicted molar refractivity (Wildman–Crippen MR) is 109 cm³/mol. The third-order valence-corrected chi connectivity index (χ3v) is 5.54. The van der Waals surface area contributed by atoms with E-state index in [1.54, 1.807) is 32.4 Å². The summed E-state index contributed by atoms with van der Waals surface area (Å²) in [6, 6.07) is 10.6. The summed E-state index contributed by atoms with van der Waals surface area (Å²) in [5.41, 5.74) is 1.63. The van der Waals surface area contributed by atoms with E-state index >= 15 is 0 Å². The summed E-state index contributed by atoms with van der Waals surface area (Å²) in [4.78, 5) is 17.4. The molecule has 0 aliphatic carbocycles. The van der Waals surface area contributed by atoms with Crippen molar-refractivity contribution in [1.82, 2.24) is 4.98 Å². The van der Waals surface area contributed by atoms with Gasteiger partial charge in [-0.25, -0.2) is 9.78 Å². The first-order chi connectivity index (χ1) is 13.6. The normalized spacial score (nSPS) is 11.0. The van der Waals surface area contributed by atoms with E-state index in [0.29, 0.717) is 33.2 Å². The molecule has 7 heteroatoms. The molecule has 0 fully saturated rings. The first kappa shape index (κ1) is 18.1. The largest absolute Gasteiger partial charge is 0.507 e. The van der Waals surface area contributed by atoms with Crippen molar-refractivity contribution >= 4 is 39.0 Å². The number of para-hydroxylation sites is 1. The second-order valence-electron chi connectivity index (χ2n) is 6.05. The van der Waals surface area contributed by atoms with Gasteiger partial charge in [-0.1, -0.05) is 12.1 Å². The van der Waals surface area contributed by atoms with Gasteiger partial charge in [-0.3, -0.25) is 0 Å². The van der Waals surface area contributed by atoms with Crippen LogP contribution in [0.15, 0.2) is 41.8 Å². The minimum atomic E-state index is -0.449. The van der Waals surface area contributed by atoms with E-state index in [4.69, 9.17) is 19.2 Å². The lowest BCUT2D eigenvalue weighted by atomic mass is 10.00. The molecule has 0 aliphatic heterocycles. The van der Waals surface area contributed by atoms with Crippen LogP contribution in [-0.2, 0) is 4.74 Å². The Labute approximate surface area is 164 Å². The summed E-state index contributed by atoms with van der Waals surface area (Å²) in [5, 5.41) is 14.7. The van der Waals surface area contributed by atoms with Gasteiger partial charge in [0.05, 0.1) is 32.5 Å². The number of carbonyl (C=O) groups excluding carboxylic acids is 1. The van der Waals surface area contributed by atoms with E-state index < -0.39 is 5.97 Å². The highest BCUT2D eigenvalue weighted by Crippen LogP contribution is 2.43. The number of hydrogen-bond donors (Lipinski definition) is 1. The number of methoxy groups -OCH3 is 3. The van der Waals surface area contributed by atoms with Crippen molar-refractivity contribution in [2.75, 3.05) is 21.3 Å². The first-order valence-corrected chi connectivity index (χ1v) is 9.30. The van der Waals surface area contributed by atoms with Crippen molar-refractivity contribution in [3.05, 3.63) is 46.7 Å². The van der Waals surface area contributed by atoms with E-state index in [-0.39, 0.29) is 5.75 Å². The van der Waals surface area contributed by atoms with Gasteiger partial charge in [0.2, 0.25) is 0 Å². The number of nitrogens with zero attached hydrogens (tertiary/aromatic N) is 1. The molecular weight excluding hydrogens is 378 g/mol. The van der Waals surface area contributed by atoms with Crippen molar-refractivity contribution in [3.8, 4) is 28.5 Å². The number of phenols is 1. The van der Waals surface area contributed by atoms with Crippen LogP contribution in [0.25, 0.3) is 32.9 Å². The average molecular weight is 395 g/mol. The van der Waals surface area contributed by atoms with Gasteiger partial charge < -0.3 is 19.3 Å². The Bertz CT molecular complexity index is 1210. The summed E-state index contributed by atoms with van der Waals surface area (Å²) in [6.45, 7) is 0. The topological polar surface area (TPSA) is 77.9 Å². The SMILES string of the molecule is COC(=O)c1scc2c1nc(-c1ccccc1O)c1cc(OC)c(OC)cc12. The van der Waals surface area contributed by atoms with Crippen LogP contribution in [0, 0.1) is 0 Å². The van der Waals surface area contributed by atoms with E-state index in [9.17, 15) is 9.90 Å². The maximum Gasteiger partial charge on any atom is 0.350 e. The smallest absolute Gasteiger partial charge is 0.350 e. The summed E-state index contributed by atoms with van der Waals surface area (Å²) in [6.07, 6.45) is 0. The lowest BCUT2D eigenvalue weighted by Crippen LogP contribution is -2.00. The number of aromatic hydroxyl groups is 1. The Balaban J connectivity index is 2.18. The number of pyridine rings is 1. The van der Waals surface area contributed by atoms with Gasteiger partial charge in [0.1, 0.15) is 10.6 Å². The number of thiophene rings is 1. The van der Waals surface area contributed by atoms with Crippen molar-refractivity contribution in [3.63, 3.8) is 0 Å². The number of fused-ring (bicyclic) bond motifs is 3. The quantitative estimate of drug-likeness (QED) is 0.508. The second-order valence-corrected chi connectivity index (χ2v) is 6.93. The highest BCUT2D eigenvalue weighted by Gasteiger charge is 2.21. The van der Waals surface area contributed by atoms with E-state index in [2.05, 4.69) is 0 Å². The fourth-order valence-corrected chi connectivity index (χ4v) is 4.16. The van der Waals surface area contributed by atoms with Crippen LogP contribution in [0.4, 0.5) is 0 Å². The van der Waals surface area contributed by atoms with Crippen LogP contribution in [0.3, 0.4) is 0 Å². The number of rotatable bonds is 4. The third kappa shape index (κ3) is 2.71. The lowest BCUT2D eigenvalue weighted by Gasteiger charge is -2.14. The number of esters is 1. The molecule has 0 saturated carbocycles. The fraction of sp³-hybridized carbons (Fsp3) is 0.143. The van der Waals surface area contributed by atoms with Crippen LogP contribution in [-0.4, -0.2) is 37.4 Å². The molecule has 0 spiro atoms. The number of aromatic nitrogens is 1. The molecule has 0 bridgehead atoms. The molecular formula is C21H17NO5S. The molecule has 4 aromatic rings. The number of hydrogen-bond acceptors (Lipinski definition) is 7. The highest BCUT2D eigenvalue weighted by molar-refractivity contribution is 7.13. The van der Waals surface area contributed by atoms with Gasteiger partial charge in [0, 0.05) is 21.7 Å². The first-order valence-electron chi connectivity index (χ1n) is 8.42. The molecule has 6 nitrogen and oxygen atoms in total. The Kier molecular flexibility index (Phi) is 4.52. The van der Waals surface area contributed by atoms with Crippen LogP contribution in [0.1, 0.15) is 9.67 Å². The lowest BCUT2D eigenvalue weighted by molar-refractivity contribution is 0.0608. The maximum atomic E-state index is 12.2. The van der Waals surface area contributed by atoms with Crippen LogP contribution in [0.2, 0.25) is 0 Å². The van der Waals surface area contributed by atoms with Gasteiger partial charge in [-0.05, 0) is 29.7 Å². The summed E-state index contributed by atoms with van der Waals surface area (Å²) < 4.78 is 15.8. The Hall–Kier alpha value is -3.32. The highest BCUT2D eigenvalue weighted by atomic mass is 32.1. The number of ether oxygens (including phenoxy) is 3. The van der Waals surface area contributed by atoms with Crippen LogP contribution < -0.4 is 9.47 Å². The minimum Gasteiger partial charge on any atom is -0.507 e. The molecule has 2 aromatic carbocycles. The zero-order chi connectivity index (χ0) is 19.8. The summed E-state index contributed by atoms with van der Waals surface area (Å²) in [5.74, 6) is 0.767. The molecule has 4 rings (SSSR count). The zero-order valence-corrected chi connectivity index (χ0v) is 16.3. The molecule has 0 atom stereocenters. The number of benzene rings is 2. The van der Waals surface area contributed by atoms with E-state index in [1.807, 2.05) is 23.6 Å². The Morgan fingerprint density at radius 2 is 1.68 bits per heavy atom. The molecule has 2 heterocycles. The van der Waals surface area contributed by atoms with Crippen molar-refractivity contribution in [1.29, 1.82) is 0 Å². The van der Waals surface area contributed by atoms with Gasteiger partial charge in [-0.15, -0.1) is 11.3 Å². The Morgan fingerprint density at radius 3 is 2.32 bits per heavy atom. The molecule has 0 amide bonds. The standard InChI is InChI=1S/C21H17NO5S/c1-25-16-8-12-13(9-17(16)26-2)18(11-6-4-5-7-15(11)23)22-19-14(12)10-28-20(19)21(24)27-3/h4-10,23H,1-3H3. The predicted octanol–water partition coefficient (Wildman–Crippen LogP) is 4.63.